The summed E-state index contributed by atoms with van der Waals surface area (Å²) in [5.41, 5.74) is -1.26. The maximum atomic E-state index is 13.3. The third-order valence-corrected chi connectivity index (χ3v) is 6.42. The maximum Gasteiger partial charge on any atom is 0.416 e. The van der Waals surface area contributed by atoms with Crippen molar-refractivity contribution in [3.63, 3.8) is 0 Å². The summed E-state index contributed by atoms with van der Waals surface area (Å²) in [5.74, 6) is -0.164. The number of nitrogens with zero attached hydrogens (tertiary/aromatic N) is 2. The molecule has 1 fully saturated rings. The molecule has 0 spiro atoms. The Morgan fingerprint density at radius 1 is 1.17 bits per heavy atom. The number of rotatable bonds is 6. The van der Waals surface area contributed by atoms with Gasteiger partial charge in [0.25, 0.3) is 5.91 Å². The molecule has 1 unspecified atom stereocenters. The van der Waals surface area contributed by atoms with Crippen molar-refractivity contribution >= 4 is 5.91 Å². The van der Waals surface area contributed by atoms with E-state index in [0.29, 0.717) is 5.92 Å². The molecule has 194 valence electrons. The first-order chi connectivity index (χ1) is 16.1. The van der Waals surface area contributed by atoms with Gasteiger partial charge in [0.05, 0.1) is 16.7 Å². The van der Waals surface area contributed by atoms with Gasteiger partial charge in [-0.15, -0.1) is 0 Å². The van der Waals surface area contributed by atoms with Crippen LogP contribution in [0.3, 0.4) is 0 Å². The smallest absolute Gasteiger partial charge is 0.416 e. The molecule has 3 rings (SSSR count). The monoisotopic (exact) mass is 495 g/mol. The number of aliphatic hydroxyl groups is 1. The first-order valence-electron chi connectivity index (χ1n) is 12.0. The maximum absolute atomic E-state index is 13.3. The average molecular weight is 496 g/mol. The summed E-state index contributed by atoms with van der Waals surface area (Å²) >= 11 is 0. The molecule has 35 heavy (non-hydrogen) atoms. The van der Waals surface area contributed by atoms with Crippen molar-refractivity contribution in [2.24, 2.45) is 23.4 Å². The van der Waals surface area contributed by atoms with Crippen LogP contribution in [-0.4, -0.2) is 33.0 Å². The number of carbonyl (C=O) groups is 1. The first kappa shape index (κ1) is 27.0. The highest BCUT2D eigenvalue weighted by Crippen LogP contribution is 2.46. The van der Waals surface area contributed by atoms with Crippen LogP contribution in [0.15, 0.2) is 29.3 Å². The summed E-state index contributed by atoms with van der Waals surface area (Å²) in [5, 5.41) is 13.0. The Morgan fingerprint density at radius 3 is 2.34 bits per heavy atom. The van der Waals surface area contributed by atoms with Gasteiger partial charge in [-0.1, -0.05) is 33.6 Å². The molecule has 1 aliphatic rings. The SMILES string of the molecule is Cn1[nH]c(=NC(=O)c2cc(C(F)(F)F)ccc2OCC(C)(C)O)cc1C(C1CCCC1)C(C)(C)C. The van der Waals surface area contributed by atoms with E-state index in [9.17, 15) is 23.1 Å². The first-order valence-corrected chi connectivity index (χ1v) is 12.0. The number of amides is 1. The minimum Gasteiger partial charge on any atom is -0.490 e. The topological polar surface area (TPSA) is 79.6 Å². The lowest BCUT2D eigenvalue weighted by Crippen LogP contribution is -2.28. The Bertz CT molecular complexity index is 1110. The lowest BCUT2D eigenvalue weighted by Gasteiger charge is -2.35. The Morgan fingerprint density at radius 2 is 1.80 bits per heavy atom. The summed E-state index contributed by atoms with van der Waals surface area (Å²) in [7, 11) is 1.86. The summed E-state index contributed by atoms with van der Waals surface area (Å²) in [6.07, 6.45) is 0.0561. The third kappa shape index (κ3) is 6.78. The number of aromatic amines is 1. The van der Waals surface area contributed by atoms with Gasteiger partial charge in [-0.3, -0.25) is 14.6 Å². The zero-order valence-electron chi connectivity index (χ0n) is 21.3. The van der Waals surface area contributed by atoms with Crippen molar-refractivity contribution in [2.45, 2.75) is 78.0 Å². The Hall–Kier alpha value is -2.55. The lowest BCUT2D eigenvalue weighted by atomic mass is 9.70. The van der Waals surface area contributed by atoms with E-state index in [1.54, 1.807) is 0 Å². The van der Waals surface area contributed by atoms with Gasteiger partial charge in [-0.2, -0.15) is 18.2 Å². The van der Waals surface area contributed by atoms with Crippen molar-refractivity contribution in [1.82, 2.24) is 9.78 Å². The van der Waals surface area contributed by atoms with Gasteiger partial charge in [0.2, 0.25) is 0 Å². The van der Waals surface area contributed by atoms with Crippen LogP contribution in [0.4, 0.5) is 13.2 Å². The number of ether oxygens (including phenoxy) is 1. The number of H-pyrrole nitrogens is 1. The minimum atomic E-state index is -4.63. The van der Waals surface area contributed by atoms with E-state index in [4.69, 9.17) is 4.74 Å². The van der Waals surface area contributed by atoms with Crippen molar-refractivity contribution < 1.29 is 27.8 Å². The second kappa shape index (κ2) is 9.84. The van der Waals surface area contributed by atoms with Crippen molar-refractivity contribution in [2.75, 3.05) is 6.61 Å². The Kier molecular flexibility index (Phi) is 7.60. The van der Waals surface area contributed by atoms with E-state index < -0.39 is 23.2 Å². The molecule has 0 aliphatic heterocycles. The summed E-state index contributed by atoms with van der Waals surface area (Å²) < 4.78 is 47.4. The predicted octanol–water partition coefficient (Wildman–Crippen LogP) is 5.58. The van der Waals surface area contributed by atoms with Gasteiger partial charge < -0.3 is 9.84 Å². The van der Waals surface area contributed by atoms with Gasteiger partial charge in [0.1, 0.15) is 12.4 Å². The van der Waals surface area contributed by atoms with Gasteiger partial charge >= 0.3 is 6.18 Å². The second-order valence-corrected chi connectivity index (χ2v) is 11.2. The normalized spacial score (nSPS) is 17.1. The molecule has 1 atom stereocenters. The number of halogens is 3. The predicted molar refractivity (Wildman–Crippen MR) is 127 cm³/mol. The molecule has 0 bridgehead atoms. The van der Waals surface area contributed by atoms with Crippen LogP contribution < -0.4 is 10.2 Å². The van der Waals surface area contributed by atoms with E-state index in [1.807, 2.05) is 17.8 Å². The number of nitrogens with one attached hydrogen (secondary N) is 1. The Labute approximate surface area is 204 Å². The summed E-state index contributed by atoms with van der Waals surface area (Å²) in [6.45, 7) is 9.38. The van der Waals surface area contributed by atoms with Crippen molar-refractivity contribution in [3.05, 3.63) is 46.6 Å². The Balaban J connectivity index is 2.02. The van der Waals surface area contributed by atoms with Crippen LogP contribution in [0.2, 0.25) is 0 Å². The number of aromatic nitrogens is 2. The highest BCUT2D eigenvalue weighted by atomic mass is 19.4. The molecular formula is C26H36F3N3O3. The third-order valence-electron chi connectivity index (χ3n) is 6.42. The van der Waals surface area contributed by atoms with E-state index in [2.05, 4.69) is 30.9 Å². The largest absolute Gasteiger partial charge is 0.490 e. The molecule has 6 nitrogen and oxygen atoms in total. The second-order valence-electron chi connectivity index (χ2n) is 11.2. The molecule has 2 aromatic rings. The van der Waals surface area contributed by atoms with Crippen LogP contribution >= 0.6 is 0 Å². The number of alkyl halides is 3. The van der Waals surface area contributed by atoms with Crippen LogP contribution in [0.1, 0.15) is 87.8 Å². The number of benzene rings is 1. The fraction of sp³-hybridized carbons (Fsp3) is 0.615. The zero-order chi connectivity index (χ0) is 26.2. The quantitative estimate of drug-likeness (QED) is 0.549. The fourth-order valence-corrected chi connectivity index (χ4v) is 4.97. The molecule has 1 heterocycles. The average Bonchev–Trinajstić information content (AvgIpc) is 3.34. The van der Waals surface area contributed by atoms with Gasteiger partial charge in [0, 0.05) is 24.7 Å². The molecule has 9 heteroatoms. The molecule has 1 aromatic carbocycles. The van der Waals surface area contributed by atoms with Gasteiger partial charge in [0.15, 0.2) is 5.49 Å². The van der Waals surface area contributed by atoms with Gasteiger partial charge in [-0.25, -0.2) is 0 Å². The van der Waals surface area contributed by atoms with Gasteiger partial charge in [-0.05, 0) is 56.2 Å². The van der Waals surface area contributed by atoms with Crippen LogP contribution in [0.25, 0.3) is 0 Å². The zero-order valence-corrected chi connectivity index (χ0v) is 21.3. The lowest BCUT2D eigenvalue weighted by molar-refractivity contribution is -0.137. The number of hydrogen-bond donors (Lipinski definition) is 2. The van der Waals surface area contributed by atoms with E-state index >= 15 is 0 Å². The summed E-state index contributed by atoms with van der Waals surface area (Å²) in [6, 6.07) is 4.49. The molecule has 0 radical (unpaired) electrons. The van der Waals surface area contributed by atoms with Crippen molar-refractivity contribution in [1.29, 1.82) is 0 Å². The highest BCUT2D eigenvalue weighted by molar-refractivity contribution is 5.97. The number of carbonyl (C=O) groups excluding carboxylic acids is 1. The van der Waals surface area contributed by atoms with Crippen molar-refractivity contribution in [3.8, 4) is 5.75 Å². The molecular weight excluding hydrogens is 459 g/mol. The fourth-order valence-electron chi connectivity index (χ4n) is 4.97. The molecule has 2 N–H and O–H groups in total. The molecule has 1 saturated carbocycles. The molecule has 0 saturated heterocycles. The van der Waals surface area contributed by atoms with E-state index in [1.165, 1.54) is 26.7 Å². The van der Waals surface area contributed by atoms with Crippen LogP contribution in [-0.2, 0) is 13.2 Å². The standard InChI is InChI=1S/C26H36F3N3O3/c1-24(2,3)22(16-9-7-8-10-16)19-14-21(31-32(19)6)30-23(33)18-13-17(26(27,28)29)11-12-20(18)35-15-25(4,5)34/h11-14,16,22,34H,7-10,15H2,1-6H3,(H,30,31,33). The van der Waals surface area contributed by atoms with Crippen LogP contribution in [0.5, 0.6) is 5.75 Å². The van der Waals surface area contributed by atoms with E-state index in [0.717, 1.165) is 36.7 Å². The molecule has 1 aromatic heterocycles. The molecule has 1 amide bonds. The number of aryl methyl sites for hydroxylation is 1. The minimum absolute atomic E-state index is 0.0185. The number of hydrogen-bond acceptors (Lipinski definition) is 3. The summed E-state index contributed by atoms with van der Waals surface area (Å²) in [4.78, 5) is 17.2. The van der Waals surface area contributed by atoms with Crippen LogP contribution in [0, 0.1) is 11.3 Å². The highest BCUT2D eigenvalue weighted by Gasteiger charge is 2.37. The van der Waals surface area contributed by atoms with E-state index in [-0.39, 0.29) is 34.7 Å². The molecule has 1 aliphatic carbocycles.